The molecule has 2 aromatic carbocycles. The second-order valence-electron chi connectivity index (χ2n) is 5.33. The number of hydrogen-bond donors (Lipinski definition) is 1. The molecule has 0 aliphatic carbocycles. The SMILES string of the molecule is Cc1ccc(OCc2ccc(Cl)c(Cl)c2)c(CC(C)N)c1. The molecule has 2 rings (SSSR count). The van der Waals surface area contributed by atoms with E-state index in [1.165, 1.54) is 5.56 Å². The molecule has 112 valence electrons. The lowest BCUT2D eigenvalue weighted by molar-refractivity contribution is 0.302. The Hall–Kier alpha value is -1.22. The van der Waals surface area contributed by atoms with E-state index in [0.29, 0.717) is 16.7 Å². The van der Waals surface area contributed by atoms with Crippen molar-refractivity contribution in [2.75, 3.05) is 0 Å². The summed E-state index contributed by atoms with van der Waals surface area (Å²) in [6.07, 6.45) is 0.790. The van der Waals surface area contributed by atoms with Crippen LogP contribution in [0, 0.1) is 6.92 Å². The molecule has 0 amide bonds. The Labute approximate surface area is 135 Å². The molecule has 2 nitrogen and oxygen atoms in total. The zero-order chi connectivity index (χ0) is 15.4. The van der Waals surface area contributed by atoms with Gasteiger partial charge in [-0.1, -0.05) is 47.0 Å². The molecule has 0 aliphatic rings. The van der Waals surface area contributed by atoms with Gasteiger partial charge < -0.3 is 10.5 Å². The predicted molar refractivity (Wildman–Crippen MR) is 89.3 cm³/mol. The third-order valence-corrected chi connectivity index (χ3v) is 3.88. The number of halogens is 2. The van der Waals surface area contributed by atoms with Crippen LogP contribution in [-0.2, 0) is 13.0 Å². The first kappa shape index (κ1) is 16.2. The standard InChI is InChI=1S/C17H19Cl2NO/c1-11-3-6-17(14(7-11)8-12(2)20)21-10-13-4-5-15(18)16(19)9-13/h3-7,9,12H,8,10,20H2,1-2H3. The van der Waals surface area contributed by atoms with Crippen molar-refractivity contribution < 1.29 is 4.74 Å². The van der Waals surface area contributed by atoms with Crippen molar-refractivity contribution >= 4 is 23.2 Å². The van der Waals surface area contributed by atoms with Gasteiger partial charge in [-0.2, -0.15) is 0 Å². The minimum atomic E-state index is 0.0964. The number of ether oxygens (including phenoxy) is 1. The summed E-state index contributed by atoms with van der Waals surface area (Å²) in [6.45, 7) is 4.50. The fraction of sp³-hybridized carbons (Fsp3) is 0.294. The Kier molecular flexibility index (Phi) is 5.51. The molecule has 21 heavy (non-hydrogen) atoms. The van der Waals surface area contributed by atoms with Crippen LogP contribution in [0.1, 0.15) is 23.6 Å². The van der Waals surface area contributed by atoms with Gasteiger partial charge in [-0.25, -0.2) is 0 Å². The molecule has 0 heterocycles. The lowest BCUT2D eigenvalue weighted by atomic mass is 10.0. The fourth-order valence-corrected chi connectivity index (χ4v) is 2.47. The summed E-state index contributed by atoms with van der Waals surface area (Å²) >= 11 is 11.9. The van der Waals surface area contributed by atoms with Crippen molar-refractivity contribution in [1.29, 1.82) is 0 Å². The van der Waals surface area contributed by atoms with E-state index in [9.17, 15) is 0 Å². The summed E-state index contributed by atoms with van der Waals surface area (Å²) in [5, 5.41) is 1.09. The van der Waals surface area contributed by atoms with Gasteiger partial charge in [0.2, 0.25) is 0 Å². The molecule has 2 aromatic rings. The first-order valence-electron chi connectivity index (χ1n) is 6.87. The van der Waals surface area contributed by atoms with Crippen molar-refractivity contribution in [2.24, 2.45) is 5.73 Å². The van der Waals surface area contributed by atoms with Gasteiger partial charge >= 0.3 is 0 Å². The third kappa shape index (κ3) is 4.63. The number of hydrogen-bond acceptors (Lipinski definition) is 2. The highest BCUT2D eigenvalue weighted by molar-refractivity contribution is 6.42. The average molecular weight is 324 g/mol. The molecule has 0 aromatic heterocycles. The molecule has 2 N–H and O–H groups in total. The van der Waals surface area contributed by atoms with Gasteiger partial charge in [-0.15, -0.1) is 0 Å². The zero-order valence-corrected chi connectivity index (χ0v) is 13.7. The number of nitrogens with two attached hydrogens (primary N) is 1. The Morgan fingerprint density at radius 2 is 1.86 bits per heavy atom. The molecular formula is C17H19Cl2NO. The van der Waals surface area contributed by atoms with E-state index in [-0.39, 0.29) is 6.04 Å². The highest BCUT2D eigenvalue weighted by Gasteiger charge is 2.08. The summed E-state index contributed by atoms with van der Waals surface area (Å²) in [5.41, 5.74) is 9.21. The molecule has 0 radical (unpaired) electrons. The fourth-order valence-electron chi connectivity index (χ4n) is 2.15. The summed E-state index contributed by atoms with van der Waals surface area (Å²) in [6, 6.07) is 11.8. The topological polar surface area (TPSA) is 35.2 Å². The van der Waals surface area contributed by atoms with Crippen LogP contribution in [0.2, 0.25) is 10.0 Å². The van der Waals surface area contributed by atoms with Gasteiger partial charge in [0.25, 0.3) is 0 Å². The first-order valence-corrected chi connectivity index (χ1v) is 7.63. The molecular weight excluding hydrogens is 305 g/mol. The lowest BCUT2D eigenvalue weighted by Crippen LogP contribution is -2.18. The van der Waals surface area contributed by atoms with E-state index in [0.717, 1.165) is 23.3 Å². The van der Waals surface area contributed by atoms with E-state index >= 15 is 0 Å². The van der Waals surface area contributed by atoms with Crippen molar-refractivity contribution in [3.63, 3.8) is 0 Å². The lowest BCUT2D eigenvalue weighted by Gasteiger charge is -2.14. The van der Waals surface area contributed by atoms with Crippen LogP contribution in [0.4, 0.5) is 0 Å². The minimum Gasteiger partial charge on any atom is -0.489 e. The van der Waals surface area contributed by atoms with Gasteiger partial charge in [-0.3, -0.25) is 0 Å². The Morgan fingerprint density at radius 3 is 2.52 bits per heavy atom. The van der Waals surface area contributed by atoms with E-state index in [1.807, 2.05) is 31.2 Å². The number of aryl methyl sites for hydroxylation is 1. The van der Waals surface area contributed by atoms with Crippen molar-refractivity contribution in [3.8, 4) is 5.75 Å². The third-order valence-electron chi connectivity index (χ3n) is 3.14. The number of rotatable bonds is 5. The second kappa shape index (κ2) is 7.17. The molecule has 0 fully saturated rings. The molecule has 0 saturated carbocycles. The highest BCUT2D eigenvalue weighted by Crippen LogP contribution is 2.25. The van der Waals surface area contributed by atoms with Crippen LogP contribution >= 0.6 is 23.2 Å². The van der Waals surface area contributed by atoms with Crippen molar-refractivity contribution in [2.45, 2.75) is 32.9 Å². The monoisotopic (exact) mass is 323 g/mol. The predicted octanol–water partition coefficient (Wildman–Crippen LogP) is 4.77. The van der Waals surface area contributed by atoms with E-state index in [1.54, 1.807) is 6.07 Å². The molecule has 0 bridgehead atoms. The maximum atomic E-state index is 6.01. The van der Waals surface area contributed by atoms with Gasteiger partial charge in [0.15, 0.2) is 0 Å². The van der Waals surface area contributed by atoms with Crippen LogP contribution in [0.3, 0.4) is 0 Å². The van der Waals surface area contributed by atoms with Gasteiger partial charge in [-0.05, 0) is 49.6 Å². The van der Waals surface area contributed by atoms with E-state index < -0.39 is 0 Å². The largest absolute Gasteiger partial charge is 0.489 e. The Morgan fingerprint density at radius 1 is 1.10 bits per heavy atom. The summed E-state index contributed by atoms with van der Waals surface area (Å²) in [4.78, 5) is 0. The molecule has 1 atom stereocenters. The second-order valence-corrected chi connectivity index (χ2v) is 6.14. The normalized spacial score (nSPS) is 12.2. The summed E-state index contributed by atoms with van der Waals surface area (Å²) < 4.78 is 5.92. The smallest absolute Gasteiger partial charge is 0.123 e. The Bertz CT molecular complexity index is 626. The van der Waals surface area contributed by atoms with Crippen LogP contribution in [-0.4, -0.2) is 6.04 Å². The maximum absolute atomic E-state index is 6.01. The Balaban J connectivity index is 2.13. The van der Waals surface area contributed by atoms with E-state index in [4.69, 9.17) is 33.7 Å². The zero-order valence-electron chi connectivity index (χ0n) is 12.2. The van der Waals surface area contributed by atoms with Crippen LogP contribution in [0.5, 0.6) is 5.75 Å². The number of benzene rings is 2. The molecule has 0 spiro atoms. The first-order chi connectivity index (χ1) is 9.95. The maximum Gasteiger partial charge on any atom is 0.123 e. The van der Waals surface area contributed by atoms with Gasteiger partial charge in [0.05, 0.1) is 10.0 Å². The molecule has 1 unspecified atom stereocenters. The molecule has 0 aliphatic heterocycles. The van der Waals surface area contributed by atoms with Crippen LogP contribution < -0.4 is 10.5 Å². The minimum absolute atomic E-state index is 0.0964. The van der Waals surface area contributed by atoms with Crippen molar-refractivity contribution in [3.05, 3.63) is 63.1 Å². The van der Waals surface area contributed by atoms with Crippen LogP contribution in [0.25, 0.3) is 0 Å². The van der Waals surface area contributed by atoms with Gasteiger partial charge in [0, 0.05) is 6.04 Å². The quantitative estimate of drug-likeness (QED) is 0.860. The van der Waals surface area contributed by atoms with Gasteiger partial charge in [0.1, 0.15) is 12.4 Å². The van der Waals surface area contributed by atoms with E-state index in [2.05, 4.69) is 13.0 Å². The molecule has 4 heteroatoms. The molecule has 0 saturated heterocycles. The average Bonchev–Trinajstić information content (AvgIpc) is 2.41. The van der Waals surface area contributed by atoms with Crippen molar-refractivity contribution in [1.82, 2.24) is 0 Å². The summed E-state index contributed by atoms with van der Waals surface area (Å²) in [7, 11) is 0. The van der Waals surface area contributed by atoms with Crippen LogP contribution in [0.15, 0.2) is 36.4 Å². The highest BCUT2D eigenvalue weighted by atomic mass is 35.5. The summed E-state index contributed by atoms with van der Waals surface area (Å²) in [5.74, 6) is 0.865.